The Labute approximate surface area is 135 Å². The molecule has 23 heavy (non-hydrogen) atoms. The van der Waals surface area contributed by atoms with Crippen molar-refractivity contribution < 1.29 is 13.9 Å². The van der Waals surface area contributed by atoms with Crippen LogP contribution >= 0.6 is 0 Å². The van der Waals surface area contributed by atoms with E-state index in [-0.39, 0.29) is 18.6 Å². The van der Waals surface area contributed by atoms with Crippen molar-refractivity contribution in [2.24, 2.45) is 0 Å². The molecule has 0 bridgehead atoms. The normalized spacial score (nSPS) is 12.1. The van der Waals surface area contributed by atoms with Crippen LogP contribution in [0.4, 0.5) is 0 Å². The molecule has 0 saturated carbocycles. The molecule has 0 aliphatic carbocycles. The van der Waals surface area contributed by atoms with Gasteiger partial charge in [-0.2, -0.15) is 0 Å². The van der Waals surface area contributed by atoms with Gasteiger partial charge in [-0.1, -0.05) is 35.9 Å². The highest BCUT2D eigenvalue weighted by Crippen LogP contribution is 2.23. The molecule has 2 aromatic carbocycles. The Kier molecular flexibility index (Phi) is 4.33. The van der Waals surface area contributed by atoms with Crippen LogP contribution < -0.4 is 10.1 Å². The monoisotopic (exact) mass is 309 g/mol. The Morgan fingerprint density at radius 3 is 2.65 bits per heavy atom. The first-order valence-corrected chi connectivity index (χ1v) is 7.59. The van der Waals surface area contributed by atoms with Crippen LogP contribution in [0.5, 0.6) is 5.75 Å². The molecule has 3 aromatic rings. The molecule has 0 fully saturated rings. The summed E-state index contributed by atoms with van der Waals surface area (Å²) in [5.41, 5.74) is 1.97. The fraction of sp³-hybridized carbons (Fsp3) is 0.211. The number of rotatable bonds is 5. The van der Waals surface area contributed by atoms with Crippen molar-refractivity contribution in [3.8, 4) is 5.75 Å². The highest BCUT2D eigenvalue weighted by atomic mass is 16.5. The molecular weight excluding hydrogens is 290 g/mol. The lowest BCUT2D eigenvalue weighted by molar-refractivity contribution is -0.123. The van der Waals surface area contributed by atoms with Crippen molar-refractivity contribution in [2.75, 3.05) is 6.61 Å². The number of ether oxygens (including phenoxy) is 1. The highest BCUT2D eigenvalue weighted by Gasteiger charge is 2.14. The Bertz CT molecular complexity index is 772. The number of furan rings is 1. The highest BCUT2D eigenvalue weighted by molar-refractivity contribution is 5.79. The summed E-state index contributed by atoms with van der Waals surface area (Å²) in [5.74, 6) is 1.23. The van der Waals surface area contributed by atoms with Crippen LogP contribution in [0, 0.1) is 6.92 Å². The number of amides is 1. The summed E-state index contributed by atoms with van der Waals surface area (Å²) >= 11 is 0. The van der Waals surface area contributed by atoms with E-state index in [1.807, 2.05) is 68.4 Å². The van der Waals surface area contributed by atoms with Gasteiger partial charge in [0.25, 0.3) is 5.91 Å². The molecule has 118 valence electrons. The van der Waals surface area contributed by atoms with E-state index in [9.17, 15) is 4.79 Å². The van der Waals surface area contributed by atoms with Crippen molar-refractivity contribution in [3.63, 3.8) is 0 Å². The number of hydrogen-bond acceptors (Lipinski definition) is 3. The lowest BCUT2D eigenvalue weighted by Gasteiger charge is -2.12. The molecular formula is C19H19NO3. The van der Waals surface area contributed by atoms with Crippen LogP contribution in [0.1, 0.15) is 24.3 Å². The molecule has 0 unspecified atom stereocenters. The zero-order valence-electron chi connectivity index (χ0n) is 13.2. The predicted molar refractivity (Wildman–Crippen MR) is 89.4 cm³/mol. The molecule has 0 aliphatic heterocycles. The maximum Gasteiger partial charge on any atom is 0.258 e. The zero-order chi connectivity index (χ0) is 16.2. The molecule has 1 aromatic heterocycles. The number of para-hydroxylation sites is 1. The van der Waals surface area contributed by atoms with E-state index in [2.05, 4.69) is 5.32 Å². The van der Waals surface area contributed by atoms with Gasteiger partial charge in [-0.3, -0.25) is 4.79 Å². The summed E-state index contributed by atoms with van der Waals surface area (Å²) in [5, 5.41) is 3.91. The number of carbonyl (C=O) groups excluding carboxylic acids is 1. The lowest BCUT2D eigenvalue weighted by Crippen LogP contribution is -2.31. The molecule has 4 heteroatoms. The van der Waals surface area contributed by atoms with Gasteiger partial charge in [-0.25, -0.2) is 0 Å². The average molecular weight is 309 g/mol. The average Bonchev–Trinajstić information content (AvgIpc) is 2.98. The summed E-state index contributed by atoms with van der Waals surface area (Å²) in [7, 11) is 0. The molecule has 0 saturated heterocycles. The summed E-state index contributed by atoms with van der Waals surface area (Å²) in [6.45, 7) is 3.88. The third kappa shape index (κ3) is 3.72. The Morgan fingerprint density at radius 2 is 1.91 bits per heavy atom. The SMILES string of the molecule is Cc1ccc(OCC(=O)N[C@H](C)c2cc3ccccc3o2)cc1. The van der Waals surface area contributed by atoms with Gasteiger partial charge in [0.15, 0.2) is 6.61 Å². The van der Waals surface area contributed by atoms with Crippen LogP contribution in [0.2, 0.25) is 0 Å². The van der Waals surface area contributed by atoms with E-state index in [1.54, 1.807) is 0 Å². The number of aryl methyl sites for hydroxylation is 1. The molecule has 1 heterocycles. The van der Waals surface area contributed by atoms with Gasteiger partial charge < -0.3 is 14.5 Å². The topological polar surface area (TPSA) is 51.5 Å². The van der Waals surface area contributed by atoms with Crippen LogP contribution in [-0.4, -0.2) is 12.5 Å². The molecule has 4 nitrogen and oxygen atoms in total. The lowest BCUT2D eigenvalue weighted by atomic mass is 10.2. The van der Waals surface area contributed by atoms with Gasteiger partial charge in [0.1, 0.15) is 17.1 Å². The number of fused-ring (bicyclic) bond motifs is 1. The third-order valence-electron chi connectivity index (χ3n) is 3.64. The van der Waals surface area contributed by atoms with Crippen LogP contribution in [-0.2, 0) is 4.79 Å². The minimum Gasteiger partial charge on any atom is -0.484 e. The first-order valence-electron chi connectivity index (χ1n) is 7.59. The van der Waals surface area contributed by atoms with Crippen LogP contribution in [0.25, 0.3) is 11.0 Å². The summed E-state index contributed by atoms with van der Waals surface area (Å²) < 4.78 is 11.2. The van der Waals surface area contributed by atoms with Crippen molar-refractivity contribution in [3.05, 3.63) is 65.9 Å². The zero-order valence-corrected chi connectivity index (χ0v) is 13.2. The number of hydrogen-bond donors (Lipinski definition) is 1. The van der Waals surface area contributed by atoms with Crippen molar-refractivity contribution in [1.82, 2.24) is 5.32 Å². The maximum atomic E-state index is 12.0. The maximum absolute atomic E-state index is 12.0. The smallest absolute Gasteiger partial charge is 0.258 e. The van der Waals surface area contributed by atoms with Crippen molar-refractivity contribution >= 4 is 16.9 Å². The van der Waals surface area contributed by atoms with Crippen LogP contribution in [0.3, 0.4) is 0 Å². The summed E-state index contributed by atoms with van der Waals surface area (Å²) in [6.07, 6.45) is 0. The van der Waals surface area contributed by atoms with E-state index in [4.69, 9.17) is 9.15 Å². The Morgan fingerprint density at radius 1 is 1.17 bits per heavy atom. The Hall–Kier alpha value is -2.75. The fourth-order valence-electron chi connectivity index (χ4n) is 2.35. The van der Waals surface area contributed by atoms with Gasteiger partial charge >= 0.3 is 0 Å². The minimum absolute atomic E-state index is 0.0202. The fourth-order valence-corrected chi connectivity index (χ4v) is 2.35. The van der Waals surface area contributed by atoms with Crippen molar-refractivity contribution in [1.29, 1.82) is 0 Å². The van der Waals surface area contributed by atoms with Gasteiger partial charge in [0.2, 0.25) is 0 Å². The van der Waals surface area contributed by atoms with Gasteiger partial charge in [0.05, 0.1) is 6.04 Å². The molecule has 0 aliphatic rings. The van der Waals surface area contributed by atoms with E-state index < -0.39 is 0 Å². The van der Waals surface area contributed by atoms with E-state index in [1.165, 1.54) is 0 Å². The first kappa shape index (κ1) is 15.2. The summed E-state index contributed by atoms with van der Waals surface area (Å²) in [4.78, 5) is 12.0. The van der Waals surface area contributed by atoms with E-state index in [0.29, 0.717) is 5.75 Å². The number of benzene rings is 2. The second-order valence-electron chi connectivity index (χ2n) is 5.58. The van der Waals surface area contributed by atoms with Gasteiger partial charge in [-0.15, -0.1) is 0 Å². The third-order valence-corrected chi connectivity index (χ3v) is 3.64. The molecule has 3 rings (SSSR count). The molecule has 1 atom stereocenters. The van der Waals surface area contributed by atoms with Crippen molar-refractivity contribution in [2.45, 2.75) is 19.9 Å². The molecule has 0 radical (unpaired) electrons. The van der Waals surface area contributed by atoms with E-state index in [0.717, 1.165) is 22.3 Å². The molecule has 0 spiro atoms. The van der Waals surface area contributed by atoms with Crippen LogP contribution in [0.15, 0.2) is 59.0 Å². The number of nitrogens with one attached hydrogen (secondary N) is 1. The largest absolute Gasteiger partial charge is 0.484 e. The second kappa shape index (κ2) is 6.57. The number of carbonyl (C=O) groups is 1. The Balaban J connectivity index is 1.57. The first-order chi connectivity index (χ1) is 11.1. The molecule has 1 N–H and O–H groups in total. The standard InChI is InChI=1S/C19H19NO3/c1-13-7-9-16(10-8-13)22-12-19(21)20-14(2)18-11-15-5-3-4-6-17(15)23-18/h3-11,14H,12H2,1-2H3,(H,20,21)/t14-/m1/s1. The quantitative estimate of drug-likeness (QED) is 0.775. The second-order valence-corrected chi connectivity index (χ2v) is 5.58. The van der Waals surface area contributed by atoms with Gasteiger partial charge in [-0.05, 0) is 38.1 Å². The minimum atomic E-state index is -0.212. The predicted octanol–water partition coefficient (Wildman–Crippen LogP) is 4.00. The molecule has 1 amide bonds. The summed E-state index contributed by atoms with van der Waals surface area (Å²) in [6, 6.07) is 17.1. The van der Waals surface area contributed by atoms with E-state index >= 15 is 0 Å². The van der Waals surface area contributed by atoms with Gasteiger partial charge in [0, 0.05) is 5.39 Å².